The Kier molecular flexibility index (Phi) is 2.69. The van der Waals surface area contributed by atoms with Crippen LogP contribution in [0.2, 0.25) is 0 Å². The topological polar surface area (TPSA) is 46.2 Å². The van der Waals surface area contributed by atoms with E-state index in [1.54, 1.807) is 0 Å². The molecule has 0 heterocycles. The Morgan fingerprint density at radius 2 is 1.85 bits per heavy atom. The Morgan fingerprint density at radius 3 is 2.08 bits per heavy atom. The highest BCUT2D eigenvalue weighted by molar-refractivity contribution is 7.91. The van der Waals surface area contributed by atoms with Crippen molar-refractivity contribution in [3.05, 3.63) is 0 Å². The second-order valence-electron chi connectivity index (χ2n) is 4.67. The van der Waals surface area contributed by atoms with Gasteiger partial charge in [0.2, 0.25) is 10.0 Å². The van der Waals surface area contributed by atoms with Crippen LogP contribution in [0.4, 0.5) is 0 Å². The SMILES string of the molecule is CC(C)(C)NS(=O)(=O)C1(CCl)CC1. The van der Waals surface area contributed by atoms with E-state index in [0.717, 1.165) is 0 Å². The maximum atomic E-state index is 11.8. The predicted octanol–water partition coefficient (Wildman–Crippen LogP) is 1.48. The minimum Gasteiger partial charge on any atom is -0.212 e. The molecule has 78 valence electrons. The first kappa shape index (κ1) is 11.3. The Balaban J connectivity index is 2.79. The Hall–Kier alpha value is 0.200. The molecule has 0 bridgehead atoms. The molecule has 1 rings (SSSR count). The molecule has 13 heavy (non-hydrogen) atoms. The molecule has 0 spiro atoms. The number of sulfonamides is 1. The molecule has 0 amide bonds. The average Bonchev–Trinajstić information content (AvgIpc) is 2.59. The minimum absolute atomic E-state index is 0.193. The van der Waals surface area contributed by atoms with Crippen LogP contribution in [0.3, 0.4) is 0 Å². The van der Waals surface area contributed by atoms with Crippen molar-refractivity contribution in [3.8, 4) is 0 Å². The van der Waals surface area contributed by atoms with Crippen molar-refractivity contribution in [1.29, 1.82) is 0 Å². The molecule has 5 heteroatoms. The highest BCUT2D eigenvalue weighted by atomic mass is 35.5. The molecule has 1 N–H and O–H groups in total. The summed E-state index contributed by atoms with van der Waals surface area (Å²) < 4.78 is 25.5. The number of rotatable bonds is 3. The molecule has 0 aliphatic heterocycles. The van der Waals surface area contributed by atoms with Crippen molar-refractivity contribution in [3.63, 3.8) is 0 Å². The first-order valence-electron chi connectivity index (χ1n) is 4.32. The van der Waals surface area contributed by atoms with E-state index in [2.05, 4.69) is 4.72 Å². The van der Waals surface area contributed by atoms with Gasteiger partial charge in [0.25, 0.3) is 0 Å². The second kappa shape index (κ2) is 3.11. The lowest BCUT2D eigenvalue weighted by Crippen LogP contribution is -2.47. The number of alkyl halides is 1. The first-order chi connectivity index (χ1) is 5.72. The maximum absolute atomic E-state index is 11.8. The molecule has 0 saturated heterocycles. The molecule has 1 fully saturated rings. The van der Waals surface area contributed by atoms with Gasteiger partial charge in [-0.3, -0.25) is 0 Å². The van der Waals surface area contributed by atoms with Crippen molar-refractivity contribution >= 4 is 21.6 Å². The normalized spacial score (nSPS) is 21.5. The third kappa shape index (κ3) is 2.36. The van der Waals surface area contributed by atoms with E-state index >= 15 is 0 Å². The van der Waals surface area contributed by atoms with Gasteiger partial charge in [-0.2, -0.15) is 0 Å². The number of halogens is 1. The summed E-state index contributed by atoms with van der Waals surface area (Å²) in [5, 5.41) is 0. The highest BCUT2D eigenvalue weighted by Crippen LogP contribution is 2.44. The summed E-state index contributed by atoms with van der Waals surface area (Å²) in [6.45, 7) is 5.48. The van der Waals surface area contributed by atoms with Gasteiger partial charge >= 0.3 is 0 Å². The number of hydrogen-bond acceptors (Lipinski definition) is 2. The second-order valence-corrected chi connectivity index (χ2v) is 7.02. The highest BCUT2D eigenvalue weighted by Gasteiger charge is 2.54. The van der Waals surface area contributed by atoms with Crippen molar-refractivity contribution in [2.24, 2.45) is 0 Å². The third-order valence-electron chi connectivity index (χ3n) is 2.06. The number of nitrogens with one attached hydrogen (secondary N) is 1. The Labute approximate surface area is 84.9 Å². The monoisotopic (exact) mass is 225 g/mol. The molecule has 0 aromatic carbocycles. The van der Waals surface area contributed by atoms with Crippen LogP contribution in [0.25, 0.3) is 0 Å². The zero-order chi connectivity index (χ0) is 10.3. The minimum atomic E-state index is -3.24. The predicted molar refractivity (Wildman–Crippen MR) is 54.5 cm³/mol. The van der Waals surface area contributed by atoms with E-state index in [9.17, 15) is 8.42 Å². The van der Waals surface area contributed by atoms with Gasteiger partial charge in [0.1, 0.15) is 0 Å². The van der Waals surface area contributed by atoms with Crippen LogP contribution >= 0.6 is 11.6 Å². The molecule has 0 aromatic rings. The Bertz CT molecular complexity index is 288. The van der Waals surface area contributed by atoms with Crippen molar-refractivity contribution < 1.29 is 8.42 Å². The van der Waals surface area contributed by atoms with Crippen molar-refractivity contribution in [2.45, 2.75) is 43.9 Å². The lowest BCUT2D eigenvalue weighted by molar-refractivity contribution is 0.484. The van der Waals surface area contributed by atoms with E-state index in [-0.39, 0.29) is 5.88 Å². The lowest BCUT2D eigenvalue weighted by Gasteiger charge is -2.24. The molecular formula is C8H16ClNO2S. The smallest absolute Gasteiger partial charge is 0.212 e. The summed E-state index contributed by atoms with van der Waals surface area (Å²) in [4.78, 5) is 0. The molecule has 1 aliphatic rings. The van der Waals surface area contributed by atoms with Crippen LogP contribution < -0.4 is 4.72 Å². The number of hydrogen-bond donors (Lipinski definition) is 1. The molecule has 0 unspecified atom stereocenters. The van der Waals surface area contributed by atoms with E-state index in [1.165, 1.54) is 0 Å². The van der Waals surface area contributed by atoms with Gasteiger partial charge in [0.15, 0.2) is 0 Å². The van der Waals surface area contributed by atoms with E-state index in [4.69, 9.17) is 11.6 Å². The fraction of sp³-hybridized carbons (Fsp3) is 1.00. The van der Waals surface area contributed by atoms with Crippen LogP contribution in [-0.4, -0.2) is 24.6 Å². The van der Waals surface area contributed by atoms with Crippen molar-refractivity contribution in [1.82, 2.24) is 4.72 Å². The van der Waals surface area contributed by atoms with E-state index in [1.807, 2.05) is 20.8 Å². The summed E-state index contributed by atoms with van der Waals surface area (Å²) in [5.41, 5.74) is -0.416. The lowest BCUT2D eigenvalue weighted by atomic mass is 10.1. The molecule has 0 radical (unpaired) electrons. The fourth-order valence-electron chi connectivity index (χ4n) is 1.12. The van der Waals surface area contributed by atoms with Gasteiger partial charge in [0.05, 0.1) is 4.75 Å². The third-order valence-corrected chi connectivity index (χ3v) is 5.31. The molecule has 1 aliphatic carbocycles. The Morgan fingerprint density at radius 1 is 1.38 bits per heavy atom. The zero-order valence-corrected chi connectivity index (χ0v) is 9.80. The molecule has 3 nitrogen and oxygen atoms in total. The van der Waals surface area contributed by atoms with Crippen LogP contribution in [0.5, 0.6) is 0 Å². The average molecular weight is 226 g/mol. The largest absolute Gasteiger partial charge is 0.219 e. The van der Waals surface area contributed by atoms with Gasteiger partial charge in [-0.25, -0.2) is 13.1 Å². The fourth-order valence-corrected chi connectivity index (χ4v) is 3.63. The van der Waals surface area contributed by atoms with Crippen LogP contribution in [0.15, 0.2) is 0 Å². The van der Waals surface area contributed by atoms with Gasteiger partial charge < -0.3 is 0 Å². The molecule has 0 aromatic heterocycles. The standard InChI is InChI=1S/C8H16ClNO2S/c1-7(2,3)10-13(11,12)8(6-9)4-5-8/h10H,4-6H2,1-3H3. The zero-order valence-electron chi connectivity index (χ0n) is 8.22. The quantitative estimate of drug-likeness (QED) is 0.740. The summed E-state index contributed by atoms with van der Waals surface area (Å²) in [5.74, 6) is 0.193. The summed E-state index contributed by atoms with van der Waals surface area (Å²) in [6.07, 6.45) is 1.36. The van der Waals surface area contributed by atoms with Crippen LogP contribution in [-0.2, 0) is 10.0 Å². The van der Waals surface area contributed by atoms with E-state index in [0.29, 0.717) is 12.8 Å². The summed E-state index contributed by atoms with van der Waals surface area (Å²) >= 11 is 5.65. The van der Waals surface area contributed by atoms with Gasteiger partial charge in [-0.15, -0.1) is 11.6 Å². The van der Waals surface area contributed by atoms with Crippen LogP contribution in [0.1, 0.15) is 33.6 Å². The summed E-state index contributed by atoms with van der Waals surface area (Å²) in [6, 6.07) is 0. The molecule has 0 atom stereocenters. The van der Waals surface area contributed by atoms with Gasteiger partial charge in [0, 0.05) is 11.4 Å². The molecule has 1 saturated carbocycles. The molecular weight excluding hydrogens is 210 g/mol. The van der Waals surface area contributed by atoms with Crippen molar-refractivity contribution in [2.75, 3.05) is 5.88 Å². The van der Waals surface area contributed by atoms with E-state index < -0.39 is 20.3 Å². The van der Waals surface area contributed by atoms with Crippen LogP contribution in [0, 0.1) is 0 Å². The van der Waals surface area contributed by atoms with Gasteiger partial charge in [-0.1, -0.05) is 0 Å². The first-order valence-corrected chi connectivity index (χ1v) is 6.34. The maximum Gasteiger partial charge on any atom is 0.219 e. The van der Waals surface area contributed by atoms with Gasteiger partial charge in [-0.05, 0) is 33.6 Å². The summed E-state index contributed by atoms with van der Waals surface area (Å²) in [7, 11) is -3.24.